The van der Waals surface area contributed by atoms with E-state index >= 15 is 0 Å². The quantitative estimate of drug-likeness (QED) is 0.844. The number of benzene rings is 1. The Labute approximate surface area is 130 Å². The van der Waals surface area contributed by atoms with E-state index in [0.717, 1.165) is 5.76 Å². The molecule has 0 aliphatic heterocycles. The monoisotopic (exact) mass is 325 g/mol. The second kappa shape index (κ2) is 6.85. The molecule has 120 valence electrons. The lowest BCUT2D eigenvalue weighted by atomic mass is 10.2. The van der Waals surface area contributed by atoms with Crippen LogP contribution in [0.25, 0.3) is 0 Å². The summed E-state index contributed by atoms with van der Waals surface area (Å²) in [4.78, 5) is 0.122. The Morgan fingerprint density at radius 3 is 2.50 bits per heavy atom. The van der Waals surface area contributed by atoms with Crippen LogP contribution in [0.15, 0.2) is 45.9 Å². The standard InChI is InChI=1S/C15H19NO5S/c1-11(9-12-5-4-8-21-12)16-22(17,18)13-6-7-14(19-2)15(10-13)20-3/h4-8,10-11,16H,9H2,1-3H3. The molecule has 0 fully saturated rings. The summed E-state index contributed by atoms with van der Waals surface area (Å²) in [6.45, 7) is 1.78. The molecule has 0 aliphatic carbocycles. The van der Waals surface area contributed by atoms with Crippen molar-refractivity contribution >= 4 is 10.0 Å². The van der Waals surface area contributed by atoms with E-state index in [1.54, 1.807) is 31.4 Å². The highest BCUT2D eigenvalue weighted by atomic mass is 32.2. The Morgan fingerprint density at radius 1 is 1.18 bits per heavy atom. The number of methoxy groups -OCH3 is 2. The van der Waals surface area contributed by atoms with E-state index in [4.69, 9.17) is 13.9 Å². The smallest absolute Gasteiger partial charge is 0.240 e. The molecule has 0 amide bonds. The van der Waals surface area contributed by atoms with Crippen LogP contribution in [0.4, 0.5) is 0 Å². The van der Waals surface area contributed by atoms with E-state index < -0.39 is 10.0 Å². The summed E-state index contributed by atoms with van der Waals surface area (Å²) in [5.74, 6) is 1.57. The summed E-state index contributed by atoms with van der Waals surface area (Å²) in [5.41, 5.74) is 0. The van der Waals surface area contributed by atoms with E-state index in [1.165, 1.54) is 26.4 Å². The molecule has 0 spiro atoms. The van der Waals surface area contributed by atoms with Gasteiger partial charge in [0.25, 0.3) is 0 Å². The third-order valence-electron chi connectivity index (χ3n) is 3.11. The fourth-order valence-corrected chi connectivity index (χ4v) is 3.35. The van der Waals surface area contributed by atoms with Crippen LogP contribution in [0.5, 0.6) is 11.5 Å². The van der Waals surface area contributed by atoms with Crippen molar-refractivity contribution in [3.8, 4) is 11.5 Å². The number of hydrogen-bond donors (Lipinski definition) is 1. The van der Waals surface area contributed by atoms with Crippen LogP contribution in [0.3, 0.4) is 0 Å². The van der Waals surface area contributed by atoms with E-state index in [1.807, 2.05) is 0 Å². The second-order valence-electron chi connectivity index (χ2n) is 4.82. The van der Waals surface area contributed by atoms with Crippen molar-refractivity contribution in [2.45, 2.75) is 24.3 Å². The average molecular weight is 325 g/mol. The molecular formula is C15H19NO5S. The van der Waals surface area contributed by atoms with Gasteiger partial charge in [-0.05, 0) is 31.2 Å². The summed E-state index contributed by atoms with van der Waals surface area (Å²) in [5, 5.41) is 0. The zero-order valence-corrected chi connectivity index (χ0v) is 13.5. The summed E-state index contributed by atoms with van der Waals surface area (Å²) >= 11 is 0. The zero-order chi connectivity index (χ0) is 16.2. The van der Waals surface area contributed by atoms with Gasteiger partial charge in [0.15, 0.2) is 11.5 Å². The second-order valence-corrected chi connectivity index (χ2v) is 6.54. The van der Waals surface area contributed by atoms with Gasteiger partial charge in [-0.15, -0.1) is 0 Å². The van der Waals surface area contributed by atoms with Crippen LogP contribution in [0, 0.1) is 0 Å². The number of nitrogens with one attached hydrogen (secondary N) is 1. The topological polar surface area (TPSA) is 77.8 Å². The first kappa shape index (κ1) is 16.4. The van der Waals surface area contributed by atoms with Gasteiger partial charge in [-0.25, -0.2) is 13.1 Å². The van der Waals surface area contributed by atoms with Crippen LogP contribution in [0.2, 0.25) is 0 Å². The molecule has 0 saturated heterocycles. The van der Waals surface area contributed by atoms with E-state index in [9.17, 15) is 8.42 Å². The molecule has 1 atom stereocenters. The lowest BCUT2D eigenvalue weighted by Crippen LogP contribution is -2.34. The van der Waals surface area contributed by atoms with Gasteiger partial charge in [0.05, 0.1) is 25.4 Å². The van der Waals surface area contributed by atoms with Crippen LogP contribution in [0.1, 0.15) is 12.7 Å². The highest BCUT2D eigenvalue weighted by Gasteiger charge is 2.20. The molecule has 1 heterocycles. The number of sulfonamides is 1. The number of rotatable bonds is 7. The van der Waals surface area contributed by atoms with Gasteiger partial charge in [-0.2, -0.15) is 0 Å². The fraction of sp³-hybridized carbons (Fsp3) is 0.333. The lowest BCUT2D eigenvalue weighted by molar-refractivity contribution is 0.354. The van der Waals surface area contributed by atoms with Crippen molar-refractivity contribution < 1.29 is 22.3 Å². The predicted octanol–water partition coefficient (Wildman–Crippen LogP) is 2.21. The molecule has 2 rings (SSSR count). The highest BCUT2D eigenvalue weighted by molar-refractivity contribution is 7.89. The normalized spacial score (nSPS) is 12.9. The average Bonchev–Trinajstić information content (AvgIpc) is 2.98. The Morgan fingerprint density at radius 2 is 1.91 bits per heavy atom. The van der Waals surface area contributed by atoms with Gasteiger partial charge in [-0.1, -0.05) is 0 Å². The first-order valence-electron chi connectivity index (χ1n) is 6.73. The minimum atomic E-state index is -3.65. The third kappa shape index (κ3) is 3.80. The maximum atomic E-state index is 12.4. The molecule has 22 heavy (non-hydrogen) atoms. The Bertz CT molecular complexity index is 710. The maximum absolute atomic E-state index is 12.4. The Balaban J connectivity index is 2.15. The van der Waals surface area contributed by atoms with Crippen molar-refractivity contribution in [2.75, 3.05) is 14.2 Å². The molecule has 0 saturated carbocycles. The maximum Gasteiger partial charge on any atom is 0.240 e. The summed E-state index contributed by atoms with van der Waals surface area (Å²) in [6.07, 6.45) is 2.03. The van der Waals surface area contributed by atoms with Crippen molar-refractivity contribution in [1.29, 1.82) is 0 Å². The zero-order valence-electron chi connectivity index (χ0n) is 12.7. The number of hydrogen-bond acceptors (Lipinski definition) is 5. The summed E-state index contributed by atoms with van der Waals surface area (Å²) < 4.78 is 42.9. The van der Waals surface area contributed by atoms with Gasteiger partial charge in [-0.3, -0.25) is 0 Å². The molecule has 0 aliphatic rings. The lowest BCUT2D eigenvalue weighted by Gasteiger charge is -2.14. The minimum Gasteiger partial charge on any atom is -0.493 e. The molecule has 1 unspecified atom stereocenters. The molecule has 0 bridgehead atoms. The third-order valence-corrected chi connectivity index (χ3v) is 4.70. The number of ether oxygens (including phenoxy) is 2. The largest absolute Gasteiger partial charge is 0.493 e. The minimum absolute atomic E-state index is 0.122. The van der Waals surface area contributed by atoms with E-state index in [2.05, 4.69) is 4.72 Å². The first-order valence-corrected chi connectivity index (χ1v) is 8.21. The van der Waals surface area contributed by atoms with Gasteiger partial charge in [0.1, 0.15) is 5.76 Å². The van der Waals surface area contributed by atoms with Crippen LogP contribution < -0.4 is 14.2 Å². The molecular weight excluding hydrogens is 306 g/mol. The predicted molar refractivity (Wildman–Crippen MR) is 81.7 cm³/mol. The number of furan rings is 1. The summed E-state index contributed by atoms with van der Waals surface area (Å²) in [6, 6.07) is 7.74. The van der Waals surface area contributed by atoms with Crippen molar-refractivity contribution in [3.05, 3.63) is 42.4 Å². The van der Waals surface area contributed by atoms with Crippen molar-refractivity contribution in [2.24, 2.45) is 0 Å². The molecule has 1 N–H and O–H groups in total. The molecule has 6 nitrogen and oxygen atoms in total. The van der Waals surface area contributed by atoms with Gasteiger partial charge in [0.2, 0.25) is 10.0 Å². The molecule has 1 aromatic carbocycles. The molecule has 1 aromatic heterocycles. The van der Waals surface area contributed by atoms with Crippen molar-refractivity contribution in [1.82, 2.24) is 4.72 Å². The van der Waals surface area contributed by atoms with E-state index in [-0.39, 0.29) is 10.9 Å². The highest BCUT2D eigenvalue weighted by Crippen LogP contribution is 2.29. The van der Waals surface area contributed by atoms with Crippen molar-refractivity contribution in [3.63, 3.8) is 0 Å². The van der Waals surface area contributed by atoms with Crippen LogP contribution in [-0.4, -0.2) is 28.7 Å². The van der Waals surface area contributed by atoms with Crippen LogP contribution in [-0.2, 0) is 16.4 Å². The van der Waals surface area contributed by atoms with Gasteiger partial charge < -0.3 is 13.9 Å². The Hall–Kier alpha value is -1.99. The first-order chi connectivity index (χ1) is 10.5. The summed E-state index contributed by atoms with van der Waals surface area (Å²) in [7, 11) is -0.692. The molecule has 7 heteroatoms. The molecule has 2 aromatic rings. The van der Waals surface area contributed by atoms with Crippen LogP contribution >= 0.6 is 0 Å². The van der Waals surface area contributed by atoms with Gasteiger partial charge >= 0.3 is 0 Å². The molecule has 0 radical (unpaired) electrons. The Kier molecular flexibility index (Phi) is 5.10. The SMILES string of the molecule is COc1ccc(S(=O)(=O)NC(C)Cc2ccco2)cc1OC. The van der Waals surface area contributed by atoms with Gasteiger partial charge in [0, 0.05) is 18.5 Å². The fourth-order valence-electron chi connectivity index (χ4n) is 2.09. The van der Waals surface area contributed by atoms with E-state index in [0.29, 0.717) is 17.9 Å².